The molecule has 0 saturated carbocycles. The topological polar surface area (TPSA) is 18.5 Å². The first-order valence-corrected chi connectivity index (χ1v) is 9.57. The van der Waals surface area contributed by atoms with Gasteiger partial charge in [0.05, 0.1) is 36.0 Å². The van der Waals surface area contributed by atoms with Crippen LogP contribution >= 0.6 is 0 Å². The average Bonchev–Trinajstić information content (AvgIpc) is 2.83. The fraction of sp³-hybridized carbons (Fsp3) is 1.00. The molecule has 0 radical (unpaired) electrons. The van der Waals surface area contributed by atoms with Crippen LogP contribution in [0.1, 0.15) is 0 Å². The molecule has 1 fully saturated rings. The number of alkyl halides is 15. The Morgan fingerprint density at radius 2 is 0.914 bits per heavy atom. The van der Waals surface area contributed by atoms with Crippen molar-refractivity contribution < 1.29 is 75.3 Å². The maximum atomic E-state index is 15.8. The second-order valence-electron chi connectivity index (χ2n) is 8.28. The summed E-state index contributed by atoms with van der Waals surface area (Å²) in [6, 6.07) is 0. The molecule has 1 aliphatic heterocycles. The van der Waals surface area contributed by atoms with Gasteiger partial charge in [-0.2, -0.15) is 26.3 Å². The van der Waals surface area contributed by atoms with Crippen LogP contribution < -0.4 is 0 Å². The van der Waals surface area contributed by atoms with E-state index < -0.39 is 105 Å². The van der Waals surface area contributed by atoms with Gasteiger partial charge < -0.3 is 9.47 Å². The summed E-state index contributed by atoms with van der Waals surface area (Å²) in [6.07, 6.45) is 0. The van der Waals surface area contributed by atoms with Gasteiger partial charge in [0, 0.05) is 7.11 Å². The van der Waals surface area contributed by atoms with Gasteiger partial charge >= 0.3 is 17.8 Å². The molecule has 1 rings (SSSR count). The zero-order valence-electron chi connectivity index (χ0n) is 17.8. The molecule has 0 bridgehead atoms. The quantitative estimate of drug-likeness (QED) is 0.265. The van der Waals surface area contributed by atoms with Gasteiger partial charge in [0.15, 0.2) is 0 Å². The minimum atomic E-state index is -7.13. The van der Waals surface area contributed by atoms with E-state index in [0.717, 1.165) is 0 Å². The molecule has 2 nitrogen and oxygen atoms in total. The third-order valence-corrected chi connectivity index (χ3v) is 6.55. The van der Waals surface area contributed by atoms with E-state index in [4.69, 9.17) is 0 Å². The minimum Gasteiger partial charge on any atom is -0.348 e. The van der Waals surface area contributed by atoms with Crippen molar-refractivity contribution in [2.24, 2.45) is 22.7 Å². The molecule has 0 spiro atoms. The number of halogens is 15. The van der Waals surface area contributed by atoms with E-state index in [9.17, 15) is 61.5 Å². The number of methoxy groups -OCH3 is 1. The van der Waals surface area contributed by atoms with Crippen LogP contribution in [0.3, 0.4) is 0 Å². The number of hydrogen-bond donors (Lipinski definition) is 0. The molecule has 210 valence electrons. The van der Waals surface area contributed by atoms with Gasteiger partial charge in [0.1, 0.15) is 40.0 Å². The van der Waals surface area contributed by atoms with Crippen LogP contribution in [0.15, 0.2) is 0 Å². The summed E-state index contributed by atoms with van der Waals surface area (Å²) >= 11 is 0. The van der Waals surface area contributed by atoms with E-state index >= 15 is 4.39 Å². The molecule has 1 saturated heterocycles. The predicted molar refractivity (Wildman–Crippen MR) is 89.2 cm³/mol. The van der Waals surface area contributed by atoms with Crippen molar-refractivity contribution in [1.29, 1.82) is 0 Å². The molecular formula is C18H21F15O2. The van der Waals surface area contributed by atoms with Gasteiger partial charge in [-0.05, 0) is 0 Å². The average molecular weight is 554 g/mol. The second-order valence-corrected chi connectivity index (χ2v) is 8.28. The lowest BCUT2D eigenvalue weighted by Crippen LogP contribution is -2.83. The fourth-order valence-corrected chi connectivity index (χ4v) is 3.97. The van der Waals surface area contributed by atoms with Crippen molar-refractivity contribution in [3.63, 3.8) is 0 Å². The molecule has 35 heavy (non-hydrogen) atoms. The lowest BCUT2D eigenvalue weighted by atomic mass is 9.66. The van der Waals surface area contributed by atoms with E-state index in [-0.39, 0.29) is 7.11 Å². The van der Waals surface area contributed by atoms with Crippen LogP contribution in [0.25, 0.3) is 0 Å². The maximum Gasteiger partial charge on any atom is 0.383 e. The zero-order valence-corrected chi connectivity index (χ0v) is 17.8. The lowest BCUT2D eigenvalue weighted by molar-refractivity contribution is -0.549. The summed E-state index contributed by atoms with van der Waals surface area (Å²) in [5, 5.41) is 0. The predicted octanol–water partition coefficient (Wildman–Crippen LogP) is 5.89. The van der Waals surface area contributed by atoms with Crippen molar-refractivity contribution >= 4 is 0 Å². The maximum absolute atomic E-state index is 15.8. The van der Waals surface area contributed by atoms with Crippen LogP contribution in [-0.4, -0.2) is 89.9 Å². The first kappa shape index (κ1) is 31.9. The lowest BCUT2D eigenvalue weighted by Gasteiger charge is -2.59. The smallest absolute Gasteiger partial charge is 0.348 e. The molecule has 1 aliphatic rings. The van der Waals surface area contributed by atoms with Gasteiger partial charge in [-0.1, -0.05) is 0 Å². The molecule has 0 aromatic heterocycles. The minimum absolute atomic E-state index is 0.132. The monoisotopic (exact) mass is 554 g/mol. The molecule has 1 heterocycles. The van der Waals surface area contributed by atoms with Gasteiger partial charge in [0.2, 0.25) is 5.79 Å². The zero-order chi connectivity index (χ0) is 27.7. The standard InChI is InChI=1S/C18H21F15O2/c1-34-15(11(3-20)13(7-24,8-25)9-26)17(30,31)18(32,33)16(28,29)14(27,35-15)10(2-19)12(4-21,5-22)6-23/h10-11H,2-9H2,1H3. The van der Waals surface area contributed by atoms with Gasteiger partial charge in [0.25, 0.3) is 5.85 Å². The first-order valence-electron chi connectivity index (χ1n) is 9.57. The highest BCUT2D eigenvalue weighted by Gasteiger charge is 2.94. The summed E-state index contributed by atoms with van der Waals surface area (Å²) in [5.41, 5.74) is -7.59. The van der Waals surface area contributed by atoms with Gasteiger partial charge in [-0.25, -0.2) is 4.39 Å². The molecule has 0 N–H and O–H groups in total. The molecule has 0 aliphatic carbocycles. The van der Waals surface area contributed by atoms with Crippen molar-refractivity contribution in [3.8, 4) is 0 Å². The van der Waals surface area contributed by atoms with E-state index in [1.165, 1.54) is 0 Å². The first-order chi connectivity index (χ1) is 16.0. The normalized spacial score (nSPS) is 30.2. The van der Waals surface area contributed by atoms with E-state index in [2.05, 4.69) is 9.47 Å². The Hall–Kier alpha value is -1.13. The Kier molecular flexibility index (Phi) is 9.41. The number of rotatable bonds is 13. The van der Waals surface area contributed by atoms with E-state index in [0.29, 0.717) is 0 Å². The highest BCUT2D eigenvalue weighted by atomic mass is 19.3. The van der Waals surface area contributed by atoms with E-state index in [1.54, 1.807) is 0 Å². The van der Waals surface area contributed by atoms with Gasteiger partial charge in [-0.15, -0.1) is 0 Å². The third-order valence-electron chi connectivity index (χ3n) is 6.55. The third kappa shape index (κ3) is 3.88. The van der Waals surface area contributed by atoms with Crippen LogP contribution in [-0.2, 0) is 9.47 Å². The second kappa shape index (κ2) is 10.3. The van der Waals surface area contributed by atoms with Crippen LogP contribution in [0.5, 0.6) is 0 Å². The Labute approximate surface area is 189 Å². The van der Waals surface area contributed by atoms with Crippen LogP contribution in [0, 0.1) is 22.7 Å². The van der Waals surface area contributed by atoms with Crippen molar-refractivity contribution in [2.75, 3.05) is 60.5 Å². The number of ether oxygens (including phenoxy) is 2. The molecular weight excluding hydrogens is 533 g/mol. The summed E-state index contributed by atoms with van der Waals surface area (Å²) in [6.45, 7) is -20.6. The van der Waals surface area contributed by atoms with Crippen molar-refractivity contribution in [1.82, 2.24) is 0 Å². The fourth-order valence-electron chi connectivity index (χ4n) is 3.97. The van der Waals surface area contributed by atoms with Crippen LogP contribution in [0.4, 0.5) is 65.9 Å². The summed E-state index contributed by atoms with van der Waals surface area (Å²) in [7, 11) is -0.132. The molecule has 0 aromatic rings. The SMILES string of the molecule is COC1(C(CF)C(CF)(CF)CF)OC(F)(C(CF)C(CF)(CF)CF)C(F)(F)C(F)(F)C1(F)F. The highest BCUT2D eigenvalue weighted by molar-refractivity contribution is 5.20. The highest BCUT2D eigenvalue weighted by Crippen LogP contribution is 2.68. The summed E-state index contributed by atoms with van der Waals surface area (Å²) < 4.78 is 220. The summed E-state index contributed by atoms with van der Waals surface area (Å²) in [4.78, 5) is 0. The van der Waals surface area contributed by atoms with Gasteiger partial charge in [-0.3, -0.25) is 35.1 Å². The summed E-state index contributed by atoms with van der Waals surface area (Å²) in [5.74, 6) is -39.6. The molecule has 4 atom stereocenters. The largest absolute Gasteiger partial charge is 0.383 e. The Bertz CT molecular complexity index is 683. The van der Waals surface area contributed by atoms with Crippen LogP contribution in [0.2, 0.25) is 0 Å². The Morgan fingerprint density at radius 1 is 0.571 bits per heavy atom. The van der Waals surface area contributed by atoms with Crippen molar-refractivity contribution in [2.45, 2.75) is 29.4 Å². The number of hydrogen-bond acceptors (Lipinski definition) is 2. The Morgan fingerprint density at radius 3 is 1.20 bits per heavy atom. The van der Waals surface area contributed by atoms with Crippen molar-refractivity contribution in [3.05, 3.63) is 0 Å². The molecule has 0 amide bonds. The van der Waals surface area contributed by atoms with E-state index in [1.807, 2.05) is 0 Å². The molecule has 4 unspecified atom stereocenters. The Balaban J connectivity index is 4.17. The molecule has 0 aromatic carbocycles. The molecule has 17 heteroatoms.